The summed E-state index contributed by atoms with van der Waals surface area (Å²) in [7, 11) is -9.46. The summed E-state index contributed by atoms with van der Waals surface area (Å²) < 4.78 is 65.2. The van der Waals surface area contributed by atoms with Gasteiger partial charge in [0.2, 0.25) is 0 Å². The monoisotopic (exact) mass is 676 g/mol. The summed E-state index contributed by atoms with van der Waals surface area (Å²) in [6.45, 7) is 4.82. The molecule has 13 nitrogen and oxygen atoms in total. The molecule has 0 aromatic heterocycles. The molecule has 1 radical (unpaired) electrons. The Kier molecular flexibility index (Phi) is 10.4. The summed E-state index contributed by atoms with van der Waals surface area (Å²) in [4.78, 5) is 23.5. The van der Waals surface area contributed by atoms with Gasteiger partial charge in [-0.1, -0.05) is 29.8 Å². The zero-order chi connectivity index (χ0) is 27.9. The van der Waals surface area contributed by atoms with Crippen LogP contribution in [-0.2, 0) is 29.8 Å². The van der Waals surface area contributed by atoms with Crippen LogP contribution in [0.4, 0.5) is 17.1 Å². The molecule has 3 N–H and O–H groups in total. The van der Waals surface area contributed by atoms with Crippen molar-refractivity contribution in [3.05, 3.63) is 51.4 Å². The van der Waals surface area contributed by atoms with Gasteiger partial charge in [-0.3, -0.25) is 18.7 Å². The normalized spacial score (nSPS) is 15.8. The molecule has 2 aromatic carbocycles. The molecule has 197 valence electrons. The Bertz CT molecular complexity index is 1630. The van der Waals surface area contributed by atoms with Gasteiger partial charge in [-0.2, -0.15) is 37.2 Å². The van der Waals surface area contributed by atoms with Crippen LogP contribution in [0, 0.1) is 0 Å². The molecule has 0 bridgehead atoms. The predicted molar refractivity (Wildman–Crippen MR) is 144 cm³/mol. The number of nitrogens with zero attached hydrogens (tertiary/aromatic N) is 4. The molecule has 1 atom stereocenters. The largest absolute Gasteiger partial charge is 0.321 e. The first-order valence-corrected chi connectivity index (χ1v) is 14.0. The molecule has 0 saturated carbocycles. The van der Waals surface area contributed by atoms with E-state index < -0.39 is 58.6 Å². The van der Waals surface area contributed by atoms with Crippen molar-refractivity contribution in [1.82, 2.24) is 0 Å². The molecule has 1 aliphatic rings. The number of anilines is 2. The van der Waals surface area contributed by atoms with Crippen molar-refractivity contribution in [3.63, 3.8) is 0 Å². The van der Waals surface area contributed by atoms with Gasteiger partial charge in [-0.05, 0) is 53.2 Å². The van der Waals surface area contributed by atoms with Crippen LogP contribution in [-0.4, -0.2) is 79.1 Å². The van der Waals surface area contributed by atoms with E-state index in [1.165, 1.54) is 13.0 Å². The molecule has 0 fully saturated rings. The molecule has 1 aliphatic heterocycles. The van der Waals surface area contributed by atoms with E-state index in [1.807, 2.05) is 0 Å². The van der Waals surface area contributed by atoms with Crippen molar-refractivity contribution in [2.24, 2.45) is 15.3 Å². The fraction of sp³-hybridized carbons (Fsp3) is 0.105. The summed E-state index contributed by atoms with van der Waals surface area (Å²) >= 11 is 14.9. The third kappa shape index (κ3) is 7.26. The molecular formula is C19H14BrCl2N5NaO8S2. The molecule has 1 unspecified atom stereocenters. The zero-order valence-corrected chi connectivity index (χ0v) is 26.0. The fourth-order valence-electron chi connectivity index (χ4n) is 2.95. The number of halogens is 3. The second kappa shape index (κ2) is 12.2. The van der Waals surface area contributed by atoms with Crippen LogP contribution in [0.15, 0.2) is 66.5 Å². The van der Waals surface area contributed by atoms with Crippen molar-refractivity contribution >= 4 is 124 Å². The molecule has 2 aromatic rings. The number of hydrazone groups is 1. The van der Waals surface area contributed by atoms with Gasteiger partial charge >= 0.3 is 0 Å². The van der Waals surface area contributed by atoms with Crippen LogP contribution in [0.25, 0.3) is 0 Å². The number of carbonyl (C=O) groups excluding carboxylic acids is 2. The van der Waals surface area contributed by atoms with Gasteiger partial charge in [0.25, 0.3) is 32.1 Å². The molecule has 38 heavy (non-hydrogen) atoms. The van der Waals surface area contributed by atoms with E-state index in [2.05, 4.69) is 43.2 Å². The Labute approximate surface area is 256 Å². The Balaban J connectivity index is 0.00000507. The first kappa shape index (κ1) is 32.5. The van der Waals surface area contributed by atoms with E-state index >= 15 is 0 Å². The van der Waals surface area contributed by atoms with Crippen molar-refractivity contribution < 1.29 is 35.5 Å². The maximum atomic E-state index is 13.0. The van der Waals surface area contributed by atoms with E-state index in [0.717, 1.165) is 29.3 Å². The van der Waals surface area contributed by atoms with Crippen LogP contribution in [0.1, 0.15) is 6.92 Å². The maximum absolute atomic E-state index is 13.0. The van der Waals surface area contributed by atoms with Gasteiger partial charge in [0.05, 0.1) is 25.9 Å². The standard InChI is InChI=1S/C19H14BrCl2N5O8S2.Na/c1-8(20)18(28)23-10-3-4-15(36(30,31)32)13(5-10)24-25-17-9(2)26-27(19(17)29)14-6-12(22)16(7-11(14)21)37(33,34)35;/h3-7,17H,1H2,2H3,(H,23,28)(H,30,31,32)(H,33,34,35);. The van der Waals surface area contributed by atoms with Gasteiger partial charge in [0, 0.05) is 35.2 Å². The zero-order valence-electron chi connectivity index (χ0n) is 19.3. The van der Waals surface area contributed by atoms with Crippen LogP contribution in [0.2, 0.25) is 10.0 Å². The van der Waals surface area contributed by atoms with Crippen molar-refractivity contribution in [3.8, 4) is 0 Å². The van der Waals surface area contributed by atoms with Crippen molar-refractivity contribution in [2.45, 2.75) is 22.8 Å². The third-order valence-electron chi connectivity index (χ3n) is 4.63. The van der Waals surface area contributed by atoms with E-state index in [4.69, 9.17) is 23.2 Å². The number of nitrogens with one attached hydrogen (secondary N) is 1. The molecule has 0 spiro atoms. The minimum Gasteiger partial charge on any atom is -0.321 e. The first-order valence-electron chi connectivity index (χ1n) is 9.54. The number of hydrogen-bond acceptors (Lipinski definition) is 9. The molecule has 3 rings (SSSR count). The van der Waals surface area contributed by atoms with Crippen molar-refractivity contribution in [2.75, 3.05) is 10.3 Å². The smallest absolute Gasteiger partial charge is 0.296 e. The Morgan fingerprint density at radius 1 is 1.11 bits per heavy atom. The van der Waals surface area contributed by atoms with Gasteiger partial charge in [-0.25, -0.2) is 0 Å². The van der Waals surface area contributed by atoms with Crippen LogP contribution < -0.4 is 10.3 Å². The minimum atomic E-state index is -4.77. The van der Waals surface area contributed by atoms with Gasteiger partial charge in [0.15, 0.2) is 6.04 Å². The minimum absolute atomic E-state index is 0. The summed E-state index contributed by atoms with van der Waals surface area (Å²) in [6, 6.07) is 3.72. The fourth-order valence-corrected chi connectivity index (χ4v) is 4.98. The predicted octanol–water partition coefficient (Wildman–Crippen LogP) is 3.83. The van der Waals surface area contributed by atoms with E-state index in [0.29, 0.717) is 0 Å². The Hall–Kier alpha value is -1.73. The van der Waals surface area contributed by atoms with Crippen LogP contribution in [0.5, 0.6) is 0 Å². The Morgan fingerprint density at radius 3 is 2.26 bits per heavy atom. The molecule has 0 saturated heterocycles. The SMILES string of the molecule is C=C(Br)C(=O)Nc1ccc(S(=O)(=O)O)c(N=NC2C(=O)N(c3cc(Cl)c(S(=O)(=O)O)cc3Cl)N=C2C)c1.[Na]. The van der Waals surface area contributed by atoms with Crippen molar-refractivity contribution in [1.29, 1.82) is 0 Å². The van der Waals surface area contributed by atoms with Crippen LogP contribution in [0.3, 0.4) is 0 Å². The number of hydrogen-bond donors (Lipinski definition) is 3. The molecular weight excluding hydrogens is 664 g/mol. The molecule has 1 heterocycles. The molecule has 0 aliphatic carbocycles. The molecule has 19 heteroatoms. The number of benzene rings is 2. The topological polar surface area (TPSA) is 195 Å². The number of rotatable bonds is 7. The molecule has 2 amide bonds. The second-order valence-electron chi connectivity index (χ2n) is 7.24. The number of carbonyl (C=O) groups is 2. The Morgan fingerprint density at radius 2 is 1.71 bits per heavy atom. The number of azo groups is 1. The number of amides is 2. The maximum Gasteiger partial charge on any atom is 0.296 e. The van der Waals surface area contributed by atoms with Gasteiger partial charge < -0.3 is 5.32 Å². The summed E-state index contributed by atoms with van der Waals surface area (Å²) in [5.41, 5.74) is -0.358. The second-order valence-corrected chi connectivity index (χ2v) is 11.8. The van der Waals surface area contributed by atoms with E-state index in [-0.39, 0.29) is 56.1 Å². The van der Waals surface area contributed by atoms with E-state index in [1.54, 1.807) is 0 Å². The first-order chi connectivity index (χ1) is 17.0. The van der Waals surface area contributed by atoms with Crippen LogP contribution >= 0.6 is 39.1 Å². The average molecular weight is 678 g/mol. The third-order valence-corrected chi connectivity index (χ3v) is 7.51. The van der Waals surface area contributed by atoms with E-state index in [9.17, 15) is 35.5 Å². The quantitative estimate of drug-likeness (QED) is 0.170. The summed E-state index contributed by atoms with van der Waals surface area (Å²) in [6.07, 6.45) is 0. The summed E-state index contributed by atoms with van der Waals surface area (Å²) in [5.74, 6) is -1.45. The average Bonchev–Trinajstić information content (AvgIpc) is 3.05. The van der Waals surface area contributed by atoms with Gasteiger partial charge in [0.1, 0.15) is 15.5 Å². The van der Waals surface area contributed by atoms with Gasteiger partial charge in [-0.15, -0.1) is 0 Å². The summed E-state index contributed by atoms with van der Waals surface area (Å²) in [5, 5.41) is 14.1.